The Morgan fingerprint density at radius 1 is 1.10 bits per heavy atom. The molecule has 1 saturated heterocycles. The van der Waals surface area contributed by atoms with Crippen molar-refractivity contribution in [1.29, 1.82) is 0 Å². The molecule has 1 fully saturated rings. The first-order valence-corrected chi connectivity index (χ1v) is 10.8. The molecule has 0 aliphatic carbocycles. The average Bonchev–Trinajstić information content (AvgIpc) is 3.37. The van der Waals surface area contributed by atoms with Gasteiger partial charge in [0.05, 0.1) is 12.8 Å². The summed E-state index contributed by atoms with van der Waals surface area (Å²) in [6, 6.07) is 12.2. The molecule has 5 rings (SSSR count). The highest BCUT2D eigenvalue weighted by atomic mass is 16.5. The largest absolute Gasteiger partial charge is 0.497 e. The highest BCUT2D eigenvalue weighted by Gasteiger charge is 2.25. The fraction of sp³-hybridized carbons (Fsp3) is 0.375. The van der Waals surface area contributed by atoms with E-state index in [2.05, 4.69) is 22.2 Å². The number of pyridine rings is 1. The van der Waals surface area contributed by atoms with Crippen LogP contribution in [0.1, 0.15) is 41.6 Å². The Balaban J connectivity index is 1.30. The van der Waals surface area contributed by atoms with Gasteiger partial charge < -0.3 is 9.26 Å². The first-order valence-electron chi connectivity index (χ1n) is 10.8. The zero-order valence-corrected chi connectivity index (χ0v) is 18.2. The topological polar surface area (TPSA) is 68.7 Å². The number of likely N-dealkylation sites (tertiary alicyclic amines) is 1. The van der Waals surface area contributed by atoms with Crippen LogP contribution < -0.4 is 4.74 Å². The fourth-order valence-electron chi connectivity index (χ4n) is 4.35. The summed E-state index contributed by atoms with van der Waals surface area (Å²) >= 11 is 0. The summed E-state index contributed by atoms with van der Waals surface area (Å²) in [5, 5.41) is 8.90. The average molecular weight is 418 g/mol. The van der Waals surface area contributed by atoms with Crippen LogP contribution in [0.15, 0.2) is 47.1 Å². The second-order valence-corrected chi connectivity index (χ2v) is 8.28. The predicted octanol–water partition coefficient (Wildman–Crippen LogP) is 4.39. The molecule has 0 spiro atoms. The van der Waals surface area contributed by atoms with Gasteiger partial charge in [-0.1, -0.05) is 17.3 Å². The lowest BCUT2D eigenvalue weighted by molar-refractivity contribution is 0.200. The normalized spacial score (nSPS) is 15.6. The molecule has 7 nitrogen and oxygen atoms in total. The molecule has 160 valence electrons. The number of hydrogen-bond donors (Lipinski definition) is 0. The minimum atomic E-state index is 0.390. The number of hydrogen-bond acceptors (Lipinski definition) is 6. The van der Waals surface area contributed by atoms with Crippen LogP contribution in [0.3, 0.4) is 0 Å². The fourth-order valence-corrected chi connectivity index (χ4v) is 4.35. The molecule has 0 atom stereocenters. The molecule has 1 aliphatic rings. The number of rotatable bonds is 5. The van der Waals surface area contributed by atoms with Gasteiger partial charge in [-0.15, -0.1) is 0 Å². The summed E-state index contributed by atoms with van der Waals surface area (Å²) in [5.41, 5.74) is 5.30. The van der Waals surface area contributed by atoms with Crippen LogP contribution >= 0.6 is 0 Å². The molecule has 0 bridgehead atoms. The number of fused-ring (bicyclic) bond motifs is 1. The molecule has 0 amide bonds. The highest BCUT2D eigenvalue weighted by Crippen LogP contribution is 2.29. The molecule has 4 heterocycles. The van der Waals surface area contributed by atoms with Crippen molar-refractivity contribution in [3.8, 4) is 16.9 Å². The number of piperidine rings is 1. The van der Waals surface area contributed by atoms with Gasteiger partial charge >= 0.3 is 0 Å². The molecule has 4 aromatic rings. The number of nitrogens with zero attached hydrogens (tertiary/aromatic N) is 5. The van der Waals surface area contributed by atoms with Gasteiger partial charge in [0.2, 0.25) is 0 Å². The van der Waals surface area contributed by atoms with Crippen LogP contribution in [-0.2, 0) is 6.54 Å². The Kier molecular flexibility index (Phi) is 5.19. The van der Waals surface area contributed by atoms with Crippen molar-refractivity contribution in [2.45, 2.75) is 39.2 Å². The summed E-state index contributed by atoms with van der Waals surface area (Å²) in [6.45, 7) is 6.95. The summed E-state index contributed by atoms with van der Waals surface area (Å²) in [4.78, 5) is 7.29. The molecular formula is C24H27N5O2. The lowest BCUT2D eigenvalue weighted by Crippen LogP contribution is -2.33. The molecule has 7 heteroatoms. The summed E-state index contributed by atoms with van der Waals surface area (Å²) in [6.07, 6.45) is 4.17. The van der Waals surface area contributed by atoms with Crippen LogP contribution in [-0.4, -0.2) is 44.9 Å². The van der Waals surface area contributed by atoms with Gasteiger partial charge in [0.1, 0.15) is 11.5 Å². The van der Waals surface area contributed by atoms with Crippen molar-refractivity contribution in [1.82, 2.24) is 24.7 Å². The zero-order chi connectivity index (χ0) is 21.4. The van der Waals surface area contributed by atoms with Crippen LogP contribution in [0.25, 0.3) is 16.8 Å². The monoisotopic (exact) mass is 417 g/mol. The van der Waals surface area contributed by atoms with Gasteiger partial charge in [-0.3, -0.25) is 4.90 Å². The minimum absolute atomic E-state index is 0.390. The van der Waals surface area contributed by atoms with Gasteiger partial charge in [0.15, 0.2) is 11.5 Å². The van der Waals surface area contributed by atoms with Gasteiger partial charge in [-0.05, 0) is 69.6 Å². The van der Waals surface area contributed by atoms with Crippen LogP contribution in [0.2, 0.25) is 0 Å². The van der Waals surface area contributed by atoms with E-state index in [9.17, 15) is 0 Å². The smallest absolute Gasteiger partial charge is 0.155 e. The number of methoxy groups -OCH3 is 1. The number of benzene rings is 1. The Labute approximate surface area is 181 Å². The quantitative estimate of drug-likeness (QED) is 0.480. The third kappa shape index (κ3) is 3.93. The van der Waals surface area contributed by atoms with Crippen LogP contribution in [0.4, 0.5) is 0 Å². The van der Waals surface area contributed by atoms with Crippen LogP contribution in [0, 0.1) is 13.8 Å². The predicted molar refractivity (Wildman–Crippen MR) is 118 cm³/mol. The van der Waals surface area contributed by atoms with Gasteiger partial charge in [0.25, 0.3) is 0 Å². The third-order valence-corrected chi connectivity index (χ3v) is 6.27. The lowest BCUT2D eigenvalue weighted by Gasteiger charge is -2.30. The zero-order valence-electron chi connectivity index (χ0n) is 18.2. The summed E-state index contributed by atoms with van der Waals surface area (Å²) in [7, 11) is 1.69. The van der Waals surface area contributed by atoms with Gasteiger partial charge in [0, 0.05) is 29.8 Å². The molecule has 0 saturated carbocycles. The third-order valence-electron chi connectivity index (χ3n) is 6.27. The number of ether oxygens (including phenoxy) is 1. The lowest BCUT2D eigenvalue weighted by atomic mass is 9.96. The number of aryl methyl sites for hydroxylation is 2. The maximum Gasteiger partial charge on any atom is 0.155 e. The summed E-state index contributed by atoms with van der Waals surface area (Å²) < 4.78 is 12.6. The maximum atomic E-state index is 5.35. The van der Waals surface area contributed by atoms with Crippen molar-refractivity contribution < 1.29 is 9.26 Å². The molecule has 0 unspecified atom stereocenters. The van der Waals surface area contributed by atoms with Crippen molar-refractivity contribution >= 4 is 5.65 Å². The SMILES string of the molecule is COc1cccc(-c2ccc3nc(C4CCN(Cc5c(C)noc5C)CC4)nn3c2)c1. The van der Waals surface area contributed by atoms with Crippen molar-refractivity contribution in [2.75, 3.05) is 20.2 Å². The Hall–Kier alpha value is -3.19. The molecule has 3 aromatic heterocycles. The van der Waals surface area contributed by atoms with E-state index in [-0.39, 0.29) is 0 Å². The molecule has 31 heavy (non-hydrogen) atoms. The molecule has 1 aliphatic heterocycles. The molecule has 0 radical (unpaired) electrons. The van der Waals surface area contributed by atoms with Gasteiger partial charge in [-0.2, -0.15) is 5.10 Å². The van der Waals surface area contributed by atoms with E-state index in [0.717, 1.165) is 72.3 Å². The van der Waals surface area contributed by atoms with Gasteiger partial charge in [-0.25, -0.2) is 9.50 Å². The second-order valence-electron chi connectivity index (χ2n) is 8.28. The van der Waals surface area contributed by atoms with Crippen molar-refractivity contribution in [3.05, 3.63) is 65.4 Å². The Morgan fingerprint density at radius 3 is 2.68 bits per heavy atom. The standard InChI is InChI=1S/C24H27N5O2/c1-16-22(17(2)31-27-16)15-28-11-9-18(10-12-28)24-25-23-8-7-20(14-29(23)26-24)19-5-4-6-21(13-19)30-3/h4-8,13-14,18H,9-12,15H2,1-3H3. The summed E-state index contributed by atoms with van der Waals surface area (Å²) in [5.74, 6) is 3.11. The van der Waals surface area contributed by atoms with E-state index in [1.165, 1.54) is 5.56 Å². The van der Waals surface area contributed by atoms with E-state index in [4.69, 9.17) is 19.3 Å². The number of aromatic nitrogens is 4. The first-order chi connectivity index (χ1) is 15.1. The van der Waals surface area contributed by atoms with E-state index < -0.39 is 0 Å². The molecule has 0 N–H and O–H groups in total. The Morgan fingerprint density at radius 2 is 1.94 bits per heavy atom. The van der Waals surface area contributed by atoms with Crippen molar-refractivity contribution in [2.24, 2.45) is 0 Å². The maximum absolute atomic E-state index is 5.35. The van der Waals surface area contributed by atoms with E-state index in [1.807, 2.05) is 48.8 Å². The van der Waals surface area contributed by atoms with Crippen molar-refractivity contribution in [3.63, 3.8) is 0 Å². The van der Waals surface area contributed by atoms with Crippen LogP contribution in [0.5, 0.6) is 5.75 Å². The second kappa shape index (κ2) is 8.15. The Bertz CT molecular complexity index is 1180. The van der Waals surface area contributed by atoms with E-state index >= 15 is 0 Å². The minimum Gasteiger partial charge on any atom is -0.497 e. The molecular weight excluding hydrogens is 390 g/mol. The van der Waals surface area contributed by atoms with E-state index in [1.54, 1.807) is 7.11 Å². The van der Waals surface area contributed by atoms with E-state index in [0.29, 0.717) is 5.92 Å². The molecule has 1 aromatic carbocycles. The highest BCUT2D eigenvalue weighted by molar-refractivity contribution is 5.65. The first kappa shape index (κ1) is 19.8.